The molecule has 150 valence electrons. The average Bonchev–Trinajstić information content (AvgIpc) is 3.02. The molecule has 1 atom stereocenters. The highest BCUT2D eigenvalue weighted by atomic mass is 32.2. The Kier molecular flexibility index (Phi) is 5.37. The fourth-order valence-electron chi connectivity index (χ4n) is 2.39. The molecule has 14 heteroatoms. The summed E-state index contributed by atoms with van der Waals surface area (Å²) in [6.07, 6.45) is -5.67. The Balaban J connectivity index is 2.42. The minimum Gasteiger partial charge on any atom is -0.417 e. The molecule has 1 unspecified atom stereocenters. The molecule has 0 aliphatic carbocycles. The van der Waals surface area contributed by atoms with Gasteiger partial charge >= 0.3 is 12.8 Å². The quantitative estimate of drug-likeness (QED) is 0.682. The zero-order chi connectivity index (χ0) is 20.6. The minimum atomic E-state index is -5.10. The molecule has 0 bridgehead atoms. The van der Waals surface area contributed by atoms with Gasteiger partial charge < -0.3 is 9.57 Å². The van der Waals surface area contributed by atoms with Gasteiger partial charge in [-0.05, 0) is 6.92 Å². The van der Waals surface area contributed by atoms with Gasteiger partial charge in [0, 0.05) is 13.5 Å². The fraction of sp³-hybridized carbons (Fsp3) is 0.615. The summed E-state index contributed by atoms with van der Waals surface area (Å²) in [6.45, 7) is -2.09. The Hall–Kier alpha value is -2.43. The molecule has 2 heterocycles. The summed E-state index contributed by atoms with van der Waals surface area (Å²) in [4.78, 5) is 4.91. The van der Waals surface area contributed by atoms with Crippen LogP contribution >= 0.6 is 0 Å². The maximum absolute atomic E-state index is 13.2. The Morgan fingerprint density at radius 2 is 2.07 bits per heavy atom. The predicted molar refractivity (Wildman–Crippen MR) is 79.2 cm³/mol. The van der Waals surface area contributed by atoms with Crippen LogP contribution in [-0.4, -0.2) is 35.5 Å². The van der Waals surface area contributed by atoms with Gasteiger partial charge in [0.15, 0.2) is 26.2 Å². The van der Waals surface area contributed by atoms with Crippen LogP contribution < -0.4 is 4.74 Å². The molecular weight excluding hydrogens is 403 g/mol. The molecule has 0 radical (unpaired) electrons. The first-order valence-electron chi connectivity index (χ1n) is 7.22. The van der Waals surface area contributed by atoms with Crippen LogP contribution in [-0.2, 0) is 33.7 Å². The summed E-state index contributed by atoms with van der Waals surface area (Å²) in [5.74, 6) is -2.36. The maximum atomic E-state index is 13.2. The topological polar surface area (TPSA) is 107 Å². The van der Waals surface area contributed by atoms with Crippen molar-refractivity contribution in [2.75, 3.05) is 0 Å². The van der Waals surface area contributed by atoms with Crippen LogP contribution in [0.15, 0.2) is 5.16 Å². The molecule has 27 heavy (non-hydrogen) atoms. The number of sulfone groups is 1. The average molecular weight is 416 g/mol. The largest absolute Gasteiger partial charge is 0.435 e. The van der Waals surface area contributed by atoms with Gasteiger partial charge in [0.1, 0.15) is 0 Å². The van der Waals surface area contributed by atoms with Crippen molar-refractivity contribution in [2.24, 2.45) is 12.2 Å². The SMILES string of the molecule is Cn1nc(C(F)(F)F)c(CS(=O)(=O)C2=NOC(C)(CC#N)C2)c1OC(F)F. The van der Waals surface area contributed by atoms with Crippen molar-refractivity contribution in [2.45, 2.75) is 43.9 Å². The van der Waals surface area contributed by atoms with E-state index >= 15 is 0 Å². The lowest BCUT2D eigenvalue weighted by Crippen LogP contribution is -2.27. The summed E-state index contributed by atoms with van der Waals surface area (Å²) in [7, 11) is -3.59. The molecule has 0 N–H and O–H groups in total. The van der Waals surface area contributed by atoms with Crippen LogP contribution in [0.2, 0.25) is 0 Å². The van der Waals surface area contributed by atoms with Gasteiger partial charge in [0.2, 0.25) is 5.88 Å². The van der Waals surface area contributed by atoms with E-state index in [0.29, 0.717) is 4.68 Å². The highest BCUT2D eigenvalue weighted by Crippen LogP contribution is 2.38. The zero-order valence-corrected chi connectivity index (χ0v) is 14.7. The second-order valence-electron chi connectivity index (χ2n) is 5.93. The maximum Gasteiger partial charge on any atom is 0.435 e. The highest BCUT2D eigenvalue weighted by Gasteiger charge is 2.44. The van der Waals surface area contributed by atoms with Gasteiger partial charge in [-0.15, -0.1) is 0 Å². The number of alkyl halides is 5. The molecule has 1 aliphatic rings. The van der Waals surface area contributed by atoms with Crippen molar-refractivity contribution in [1.29, 1.82) is 5.26 Å². The number of aromatic nitrogens is 2. The lowest BCUT2D eigenvalue weighted by molar-refractivity contribution is -0.142. The lowest BCUT2D eigenvalue weighted by atomic mass is 10.0. The van der Waals surface area contributed by atoms with E-state index in [0.717, 1.165) is 7.05 Å². The molecule has 0 amide bonds. The van der Waals surface area contributed by atoms with E-state index in [-0.39, 0.29) is 12.8 Å². The second kappa shape index (κ2) is 6.95. The second-order valence-corrected chi connectivity index (χ2v) is 7.92. The monoisotopic (exact) mass is 416 g/mol. The van der Waals surface area contributed by atoms with Gasteiger partial charge in [-0.2, -0.15) is 32.3 Å². The molecule has 8 nitrogen and oxygen atoms in total. The molecule has 1 aromatic heterocycles. The van der Waals surface area contributed by atoms with E-state index in [4.69, 9.17) is 10.1 Å². The van der Waals surface area contributed by atoms with Crippen molar-refractivity contribution in [3.8, 4) is 11.9 Å². The van der Waals surface area contributed by atoms with Gasteiger partial charge in [-0.3, -0.25) is 0 Å². The molecular formula is C13H13F5N4O4S. The fourth-order valence-corrected chi connectivity index (χ4v) is 3.87. The van der Waals surface area contributed by atoms with Crippen LogP contribution in [0.5, 0.6) is 5.88 Å². The number of aryl methyl sites for hydroxylation is 1. The van der Waals surface area contributed by atoms with Crippen LogP contribution in [0.1, 0.15) is 31.0 Å². The van der Waals surface area contributed by atoms with E-state index in [1.165, 1.54) is 6.92 Å². The number of nitriles is 1. The summed E-state index contributed by atoms with van der Waals surface area (Å²) < 4.78 is 93.9. The number of halogens is 5. The zero-order valence-electron chi connectivity index (χ0n) is 13.9. The number of oxime groups is 1. The van der Waals surface area contributed by atoms with Crippen LogP contribution in [0.4, 0.5) is 22.0 Å². The first-order valence-corrected chi connectivity index (χ1v) is 8.87. The van der Waals surface area contributed by atoms with Crippen molar-refractivity contribution in [3.63, 3.8) is 0 Å². The molecule has 0 fully saturated rings. The molecule has 1 aromatic rings. The van der Waals surface area contributed by atoms with E-state index < -0.39 is 56.2 Å². The number of hydrogen-bond donors (Lipinski definition) is 0. The summed E-state index contributed by atoms with van der Waals surface area (Å²) in [5, 5.41) is 14.5. The molecule has 0 spiro atoms. The number of nitrogens with zero attached hydrogens (tertiary/aromatic N) is 4. The Bertz CT molecular complexity index is 903. The third kappa shape index (κ3) is 4.46. The molecule has 0 aromatic carbocycles. The molecule has 1 aliphatic heterocycles. The van der Waals surface area contributed by atoms with Gasteiger partial charge in [0.25, 0.3) is 0 Å². The van der Waals surface area contributed by atoms with Crippen LogP contribution in [0.3, 0.4) is 0 Å². The lowest BCUT2D eigenvalue weighted by Gasteiger charge is -2.16. The number of rotatable bonds is 5. The minimum absolute atomic E-state index is 0.212. The standard InChI is InChI=1S/C13H13F5N4O4S/c1-12(3-4-19)5-8(21-26-12)27(23,24)6-7-9(13(16,17)18)20-22(2)10(7)25-11(14)15/h11H,3,5-6H2,1-2H3. The third-order valence-corrected chi connectivity index (χ3v) is 5.20. The predicted octanol–water partition coefficient (Wildman–Crippen LogP) is 2.36. The first-order chi connectivity index (χ1) is 12.3. The van der Waals surface area contributed by atoms with Crippen molar-refractivity contribution in [1.82, 2.24) is 9.78 Å². The van der Waals surface area contributed by atoms with Gasteiger partial charge in [0.05, 0.1) is 23.8 Å². The Labute approximate surface area is 150 Å². The van der Waals surface area contributed by atoms with Crippen molar-refractivity contribution >= 4 is 14.9 Å². The van der Waals surface area contributed by atoms with Crippen LogP contribution in [0.25, 0.3) is 0 Å². The van der Waals surface area contributed by atoms with E-state index in [1.54, 1.807) is 6.07 Å². The summed E-state index contributed by atoms with van der Waals surface area (Å²) in [5.41, 5.74) is -3.98. The Morgan fingerprint density at radius 1 is 1.44 bits per heavy atom. The molecule has 0 saturated carbocycles. The van der Waals surface area contributed by atoms with Crippen molar-refractivity contribution < 1.29 is 39.9 Å². The normalized spacial score (nSPS) is 20.3. The van der Waals surface area contributed by atoms with Gasteiger partial charge in [-0.25, -0.2) is 13.1 Å². The smallest absolute Gasteiger partial charge is 0.417 e. The van der Waals surface area contributed by atoms with E-state index in [1.807, 2.05) is 0 Å². The third-order valence-electron chi connectivity index (χ3n) is 3.60. The summed E-state index contributed by atoms with van der Waals surface area (Å²) >= 11 is 0. The van der Waals surface area contributed by atoms with E-state index in [9.17, 15) is 30.4 Å². The van der Waals surface area contributed by atoms with Crippen LogP contribution in [0, 0.1) is 11.3 Å². The highest BCUT2D eigenvalue weighted by molar-refractivity contribution is 8.05. The summed E-state index contributed by atoms with van der Waals surface area (Å²) in [6, 6.07) is 1.78. The molecule has 2 rings (SSSR count). The van der Waals surface area contributed by atoms with Gasteiger partial charge in [-0.1, -0.05) is 5.16 Å². The first kappa shape index (κ1) is 20.9. The number of ether oxygens (including phenoxy) is 1. The Morgan fingerprint density at radius 3 is 2.59 bits per heavy atom. The number of hydrogen-bond acceptors (Lipinski definition) is 7. The van der Waals surface area contributed by atoms with E-state index in [2.05, 4.69) is 15.0 Å². The molecule has 0 saturated heterocycles. The van der Waals surface area contributed by atoms with Crippen molar-refractivity contribution in [3.05, 3.63) is 11.3 Å².